The standard InChI is InChI=1S/C11H16O7/c1-4(6(3)12)7(10(15)16)8(11(17)18)5(2)9(13)14/h4-5,7-8H,1-3H3,(H,13,14)(H,15,16)(H,17,18). The van der Waals surface area contributed by atoms with Crippen molar-refractivity contribution in [3.63, 3.8) is 0 Å². The van der Waals surface area contributed by atoms with E-state index in [2.05, 4.69) is 0 Å². The van der Waals surface area contributed by atoms with Gasteiger partial charge in [-0.2, -0.15) is 0 Å². The van der Waals surface area contributed by atoms with E-state index >= 15 is 0 Å². The van der Waals surface area contributed by atoms with E-state index in [1.54, 1.807) is 0 Å². The van der Waals surface area contributed by atoms with Crippen LogP contribution in [0.2, 0.25) is 0 Å². The van der Waals surface area contributed by atoms with E-state index in [1.165, 1.54) is 6.92 Å². The summed E-state index contributed by atoms with van der Waals surface area (Å²) in [5, 5.41) is 26.8. The zero-order valence-electron chi connectivity index (χ0n) is 10.3. The van der Waals surface area contributed by atoms with Crippen LogP contribution in [0.4, 0.5) is 0 Å². The zero-order valence-corrected chi connectivity index (χ0v) is 10.3. The molecule has 7 nitrogen and oxygen atoms in total. The van der Waals surface area contributed by atoms with Gasteiger partial charge in [0.05, 0.1) is 17.8 Å². The number of hydrogen-bond donors (Lipinski definition) is 3. The Hall–Kier alpha value is -1.92. The van der Waals surface area contributed by atoms with Crippen molar-refractivity contribution in [2.75, 3.05) is 0 Å². The maximum atomic E-state index is 11.2. The molecule has 0 bridgehead atoms. The molecule has 0 heterocycles. The third-order valence-electron chi connectivity index (χ3n) is 3.07. The second-order valence-electron chi connectivity index (χ2n) is 4.25. The molecule has 0 aliphatic heterocycles. The maximum Gasteiger partial charge on any atom is 0.308 e. The van der Waals surface area contributed by atoms with E-state index in [0.29, 0.717) is 0 Å². The average molecular weight is 260 g/mol. The lowest BCUT2D eigenvalue weighted by Crippen LogP contribution is -2.42. The SMILES string of the molecule is CC(=O)C(C)C(C(=O)O)C(C(=O)O)C(C)C(=O)O. The van der Waals surface area contributed by atoms with Crippen LogP contribution >= 0.6 is 0 Å². The minimum absolute atomic E-state index is 0.494. The molecule has 0 fully saturated rings. The Bertz CT molecular complexity index is 338. The number of Topliss-reactive ketones (excluding diaryl/α,β-unsaturated/α-hetero) is 1. The van der Waals surface area contributed by atoms with Gasteiger partial charge in [-0.1, -0.05) is 13.8 Å². The number of carboxylic acids is 3. The average Bonchev–Trinajstić information content (AvgIpc) is 2.22. The van der Waals surface area contributed by atoms with Crippen molar-refractivity contribution in [2.45, 2.75) is 20.8 Å². The molecule has 0 aliphatic rings. The van der Waals surface area contributed by atoms with Crippen LogP contribution in [0.3, 0.4) is 0 Å². The van der Waals surface area contributed by atoms with E-state index in [1.807, 2.05) is 0 Å². The van der Waals surface area contributed by atoms with Crippen molar-refractivity contribution < 1.29 is 34.5 Å². The molecule has 0 aromatic rings. The second kappa shape index (κ2) is 6.13. The van der Waals surface area contributed by atoms with Crippen LogP contribution in [0.1, 0.15) is 20.8 Å². The largest absolute Gasteiger partial charge is 0.481 e. The van der Waals surface area contributed by atoms with Crippen molar-refractivity contribution in [3.8, 4) is 0 Å². The van der Waals surface area contributed by atoms with Gasteiger partial charge in [0, 0.05) is 5.92 Å². The summed E-state index contributed by atoms with van der Waals surface area (Å²) >= 11 is 0. The first-order valence-electron chi connectivity index (χ1n) is 5.30. The first-order valence-corrected chi connectivity index (χ1v) is 5.30. The minimum Gasteiger partial charge on any atom is -0.481 e. The van der Waals surface area contributed by atoms with Crippen molar-refractivity contribution in [2.24, 2.45) is 23.7 Å². The van der Waals surface area contributed by atoms with E-state index in [9.17, 15) is 19.2 Å². The predicted molar refractivity (Wildman–Crippen MR) is 58.9 cm³/mol. The van der Waals surface area contributed by atoms with Crippen LogP contribution < -0.4 is 0 Å². The number of ketones is 1. The third kappa shape index (κ3) is 3.54. The lowest BCUT2D eigenvalue weighted by atomic mass is 9.74. The van der Waals surface area contributed by atoms with Crippen molar-refractivity contribution in [1.29, 1.82) is 0 Å². The van der Waals surface area contributed by atoms with Crippen molar-refractivity contribution in [1.82, 2.24) is 0 Å². The van der Waals surface area contributed by atoms with Crippen LogP contribution in [0.5, 0.6) is 0 Å². The minimum atomic E-state index is -1.65. The van der Waals surface area contributed by atoms with Gasteiger partial charge in [0.1, 0.15) is 5.78 Å². The van der Waals surface area contributed by atoms with Crippen LogP contribution in [0, 0.1) is 23.7 Å². The van der Waals surface area contributed by atoms with Crippen LogP contribution in [0.25, 0.3) is 0 Å². The highest BCUT2D eigenvalue weighted by atomic mass is 16.4. The Kier molecular flexibility index (Phi) is 5.48. The summed E-state index contributed by atoms with van der Waals surface area (Å²) in [6.07, 6.45) is 0. The highest BCUT2D eigenvalue weighted by Gasteiger charge is 2.44. The Morgan fingerprint density at radius 3 is 1.28 bits per heavy atom. The fraction of sp³-hybridized carbons (Fsp3) is 0.636. The first-order chi connectivity index (χ1) is 8.11. The molecule has 0 aliphatic carbocycles. The number of rotatable bonds is 7. The smallest absolute Gasteiger partial charge is 0.308 e. The number of aliphatic carboxylic acids is 3. The van der Waals surface area contributed by atoms with Crippen LogP contribution in [-0.4, -0.2) is 39.0 Å². The number of carboxylic acid groups (broad SMARTS) is 3. The summed E-state index contributed by atoms with van der Waals surface area (Å²) in [5.74, 6) is -10.6. The Labute approximate surface area is 103 Å². The molecule has 3 N–H and O–H groups in total. The molecule has 0 spiro atoms. The van der Waals surface area contributed by atoms with Gasteiger partial charge in [0.25, 0.3) is 0 Å². The van der Waals surface area contributed by atoms with Gasteiger partial charge < -0.3 is 15.3 Å². The summed E-state index contributed by atoms with van der Waals surface area (Å²) in [5.41, 5.74) is 0. The van der Waals surface area contributed by atoms with E-state index in [4.69, 9.17) is 15.3 Å². The van der Waals surface area contributed by atoms with Crippen LogP contribution in [-0.2, 0) is 19.2 Å². The Morgan fingerprint density at radius 1 is 0.722 bits per heavy atom. The molecule has 4 unspecified atom stereocenters. The zero-order chi connectivity index (χ0) is 14.6. The lowest BCUT2D eigenvalue weighted by Gasteiger charge is -2.26. The van der Waals surface area contributed by atoms with E-state index < -0.39 is 47.4 Å². The molecule has 102 valence electrons. The summed E-state index contributed by atoms with van der Waals surface area (Å²) in [4.78, 5) is 44.2. The van der Waals surface area contributed by atoms with Gasteiger partial charge in [0.2, 0.25) is 0 Å². The second-order valence-corrected chi connectivity index (χ2v) is 4.25. The molecule has 0 aromatic heterocycles. The lowest BCUT2D eigenvalue weighted by molar-refractivity contribution is -0.164. The van der Waals surface area contributed by atoms with Crippen LogP contribution in [0.15, 0.2) is 0 Å². The molecule has 0 saturated carbocycles. The molecule has 7 heteroatoms. The fourth-order valence-corrected chi connectivity index (χ4v) is 1.76. The molecule has 0 aromatic carbocycles. The van der Waals surface area contributed by atoms with E-state index in [0.717, 1.165) is 13.8 Å². The normalized spacial score (nSPS) is 17.3. The number of carbonyl (C=O) groups excluding carboxylic acids is 1. The Balaban J connectivity index is 5.52. The Morgan fingerprint density at radius 2 is 1.06 bits per heavy atom. The topological polar surface area (TPSA) is 129 Å². The van der Waals surface area contributed by atoms with Gasteiger partial charge in [-0.15, -0.1) is 0 Å². The van der Waals surface area contributed by atoms with Gasteiger partial charge in [0.15, 0.2) is 0 Å². The molecule has 0 saturated heterocycles. The molecule has 0 amide bonds. The highest BCUT2D eigenvalue weighted by molar-refractivity contribution is 5.89. The number of hydrogen-bond acceptors (Lipinski definition) is 4. The molecule has 0 rings (SSSR count). The predicted octanol–water partition coefficient (Wildman–Crippen LogP) is 0.334. The maximum absolute atomic E-state index is 11.2. The fourth-order valence-electron chi connectivity index (χ4n) is 1.76. The van der Waals surface area contributed by atoms with Gasteiger partial charge in [-0.25, -0.2) is 0 Å². The molecule has 0 radical (unpaired) electrons. The first kappa shape index (κ1) is 16.1. The van der Waals surface area contributed by atoms with Gasteiger partial charge >= 0.3 is 17.9 Å². The summed E-state index contributed by atoms with van der Waals surface area (Å²) in [6.45, 7) is 3.54. The van der Waals surface area contributed by atoms with Gasteiger partial charge in [-0.3, -0.25) is 19.2 Å². The molecule has 18 heavy (non-hydrogen) atoms. The monoisotopic (exact) mass is 260 g/mol. The highest BCUT2D eigenvalue weighted by Crippen LogP contribution is 2.29. The molecular weight excluding hydrogens is 244 g/mol. The quantitative estimate of drug-likeness (QED) is 0.601. The molecule has 4 atom stereocenters. The summed E-state index contributed by atoms with van der Waals surface area (Å²) < 4.78 is 0. The van der Waals surface area contributed by atoms with Gasteiger partial charge in [-0.05, 0) is 6.92 Å². The van der Waals surface area contributed by atoms with Crippen molar-refractivity contribution in [3.05, 3.63) is 0 Å². The van der Waals surface area contributed by atoms with E-state index in [-0.39, 0.29) is 0 Å². The summed E-state index contributed by atoms with van der Waals surface area (Å²) in [6, 6.07) is 0. The van der Waals surface area contributed by atoms with Crippen molar-refractivity contribution >= 4 is 23.7 Å². The third-order valence-corrected chi connectivity index (χ3v) is 3.07. The number of carbonyl (C=O) groups is 4. The summed E-state index contributed by atoms with van der Waals surface area (Å²) in [7, 11) is 0. The molecular formula is C11H16O7.